The van der Waals surface area contributed by atoms with Crippen LogP contribution in [0.25, 0.3) is 0 Å². The van der Waals surface area contributed by atoms with Crippen LogP contribution in [0.4, 0.5) is 11.4 Å². The van der Waals surface area contributed by atoms with E-state index in [2.05, 4.69) is 10.1 Å². The molecule has 0 radical (unpaired) electrons. The maximum Gasteiger partial charge on any atom is 0.271 e. The van der Waals surface area contributed by atoms with Crippen molar-refractivity contribution in [2.75, 3.05) is 12.0 Å². The lowest BCUT2D eigenvalue weighted by Gasteiger charge is -2.25. The number of nitrogens with zero attached hydrogens (tertiary/aromatic N) is 1. The second kappa shape index (κ2) is 6.37. The molecule has 1 aliphatic carbocycles. The van der Waals surface area contributed by atoms with E-state index < -0.39 is 14.9 Å². The number of nitro benzene ring substituents is 1. The Morgan fingerprint density at radius 3 is 2.62 bits per heavy atom. The van der Waals surface area contributed by atoms with Gasteiger partial charge in [0.25, 0.3) is 5.69 Å². The fraction of sp³-hybridized carbons (Fsp3) is 0.500. The summed E-state index contributed by atoms with van der Waals surface area (Å²) in [6, 6.07) is 3.42. The SMILES string of the molecule is NNc1cc([N+](=O)[O-])ccc1S(=O)(=O)NCCC1CCC1. The van der Waals surface area contributed by atoms with Gasteiger partial charge in [-0.1, -0.05) is 19.3 Å². The Balaban J connectivity index is 2.12. The predicted octanol–water partition coefficient (Wildman–Crippen LogP) is 1.35. The third-order valence-corrected chi connectivity index (χ3v) is 5.21. The number of non-ortho nitro benzene ring substituents is 1. The van der Waals surface area contributed by atoms with Gasteiger partial charge < -0.3 is 5.43 Å². The van der Waals surface area contributed by atoms with Gasteiger partial charge in [0, 0.05) is 18.7 Å². The molecule has 1 aliphatic rings. The van der Waals surface area contributed by atoms with Crippen LogP contribution in [0.1, 0.15) is 25.7 Å². The van der Waals surface area contributed by atoms with Crippen molar-refractivity contribution >= 4 is 21.4 Å². The van der Waals surface area contributed by atoms with Crippen LogP contribution in [0.3, 0.4) is 0 Å². The maximum atomic E-state index is 12.2. The van der Waals surface area contributed by atoms with E-state index >= 15 is 0 Å². The Hall–Kier alpha value is -1.71. The smallest absolute Gasteiger partial charge is 0.271 e. The van der Waals surface area contributed by atoms with E-state index in [9.17, 15) is 18.5 Å². The van der Waals surface area contributed by atoms with Gasteiger partial charge in [-0.3, -0.25) is 16.0 Å². The third-order valence-electron chi connectivity index (χ3n) is 3.69. The molecule has 4 N–H and O–H groups in total. The standard InChI is InChI=1S/C12H18N4O4S/c13-15-11-8-10(16(17)18)4-5-12(11)21(19,20)14-7-6-9-2-1-3-9/h4-5,8-9,14-15H,1-3,6-7,13H2. The van der Waals surface area contributed by atoms with Crippen molar-refractivity contribution < 1.29 is 13.3 Å². The molecule has 8 nitrogen and oxygen atoms in total. The molecule has 0 aliphatic heterocycles. The molecule has 0 aromatic heterocycles. The third kappa shape index (κ3) is 3.69. The molecule has 116 valence electrons. The van der Waals surface area contributed by atoms with E-state index in [-0.39, 0.29) is 16.3 Å². The first-order valence-corrected chi connectivity index (χ1v) is 8.17. The van der Waals surface area contributed by atoms with Crippen molar-refractivity contribution in [1.82, 2.24) is 4.72 Å². The molecule has 0 heterocycles. The van der Waals surface area contributed by atoms with Crippen LogP contribution in [0.2, 0.25) is 0 Å². The molecule has 0 spiro atoms. The van der Waals surface area contributed by atoms with E-state index in [0.717, 1.165) is 31.4 Å². The quantitative estimate of drug-likeness (QED) is 0.396. The first kappa shape index (κ1) is 15.7. The molecule has 9 heteroatoms. The highest BCUT2D eigenvalue weighted by Gasteiger charge is 2.22. The van der Waals surface area contributed by atoms with Crippen molar-refractivity contribution in [2.24, 2.45) is 11.8 Å². The first-order chi connectivity index (χ1) is 9.94. The average Bonchev–Trinajstić information content (AvgIpc) is 2.40. The van der Waals surface area contributed by atoms with Crippen LogP contribution in [0, 0.1) is 16.0 Å². The Morgan fingerprint density at radius 2 is 2.10 bits per heavy atom. The van der Waals surface area contributed by atoms with E-state index in [0.29, 0.717) is 12.5 Å². The summed E-state index contributed by atoms with van der Waals surface area (Å²) in [6.07, 6.45) is 4.31. The van der Waals surface area contributed by atoms with Crippen molar-refractivity contribution in [1.29, 1.82) is 0 Å². The van der Waals surface area contributed by atoms with Gasteiger partial charge in [-0.25, -0.2) is 13.1 Å². The number of benzene rings is 1. The summed E-state index contributed by atoms with van der Waals surface area (Å²) < 4.78 is 26.9. The van der Waals surface area contributed by atoms with Crippen molar-refractivity contribution in [3.05, 3.63) is 28.3 Å². The van der Waals surface area contributed by atoms with Gasteiger partial charge in [0.15, 0.2) is 0 Å². The van der Waals surface area contributed by atoms with Crippen molar-refractivity contribution in [3.63, 3.8) is 0 Å². The number of anilines is 1. The van der Waals surface area contributed by atoms with Crippen LogP contribution in [0.5, 0.6) is 0 Å². The van der Waals surface area contributed by atoms with Crippen LogP contribution < -0.4 is 16.0 Å². The normalized spacial score (nSPS) is 15.5. The highest BCUT2D eigenvalue weighted by Crippen LogP contribution is 2.29. The Labute approximate surface area is 122 Å². The van der Waals surface area contributed by atoms with Crippen LogP contribution in [-0.2, 0) is 10.0 Å². The summed E-state index contributed by atoms with van der Waals surface area (Å²) >= 11 is 0. The Morgan fingerprint density at radius 1 is 1.38 bits per heavy atom. The number of hydrazine groups is 1. The minimum absolute atomic E-state index is 0.000319. The number of nitrogens with one attached hydrogen (secondary N) is 2. The van der Waals surface area contributed by atoms with Crippen LogP contribution in [-0.4, -0.2) is 19.9 Å². The predicted molar refractivity (Wildman–Crippen MR) is 78.1 cm³/mol. The maximum absolute atomic E-state index is 12.2. The highest BCUT2D eigenvalue weighted by atomic mass is 32.2. The van der Waals surface area contributed by atoms with E-state index in [1.807, 2.05) is 0 Å². The van der Waals surface area contributed by atoms with Crippen LogP contribution in [0.15, 0.2) is 23.1 Å². The van der Waals surface area contributed by atoms with Gasteiger partial charge in [0.1, 0.15) is 4.90 Å². The number of rotatable bonds is 7. The lowest BCUT2D eigenvalue weighted by atomic mass is 9.83. The molecule has 21 heavy (non-hydrogen) atoms. The highest BCUT2D eigenvalue weighted by molar-refractivity contribution is 7.89. The zero-order valence-corrected chi connectivity index (χ0v) is 12.2. The number of nitrogens with two attached hydrogens (primary N) is 1. The summed E-state index contributed by atoms with van der Waals surface area (Å²) in [5.41, 5.74) is 1.97. The number of sulfonamides is 1. The minimum Gasteiger partial charge on any atom is -0.323 e. The fourth-order valence-corrected chi connectivity index (χ4v) is 3.43. The zero-order chi connectivity index (χ0) is 15.5. The number of nitrogen functional groups attached to an aromatic ring is 1. The molecule has 0 amide bonds. The second-order valence-corrected chi connectivity index (χ2v) is 6.80. The van der Waals surface area contributed by atoms with Gasteiger partial charge in [-0.15, -0.1) is 0 Å². The van der Waals surface area contributed by atoms with Gasteiger partial charge in [-0.05, 0) is 18.4 Å². The minimum atomic E-state index is -3.74. The largest absolute Gasteiger partial charge is 0.323 e. The molecule has 1 aromatic rings. The summed E-state index contributed by atoms with van der Waals surface area (Å²) in [5.74, 6) is 5.85. The summed E-state index contributed by atoms with van der Waals surface area (Å²) in [7, 11) is -3.74. The molecule has 0 unspecified atom stereocenters. The molecular formula is C12H18N4O4S. The van der Waals surface area contributed by atoms with Gasteiger partial charge >= 0.3 is 0 Å². The zero-order valence-electron chi connectivity index (χ0n) is 11.4. The molecule has 2 rings (SSSR count). The summed E-state index contributed by atoms with van der Waals surface area (Å²) in [6.45, 7) is 0.355. The van der Waals surface area contributed by atoms with E-state index in [1.165, 1.54) is 12.5 Å². The molecule has 0 atom stereocenters. The van der Waals surface area contributed by atoms with Gasteiger partial charge in [-0.2, -0.15) is 0 Å². The molecule has 0 saturated heterocycles. The number of nitro groups is 1. The first-order valence-electron chi connectivity index (χ1n) is 6.69. The van der Waals surface area contributed by atoms with Crippen LogP contribution >= 0.6 is 0 Å². The lowest BCUT2D eigenvalue weighted by molar-refractivity contribution is -0.384. The number of hydrogen-bond donors (Lipinski definition) is 3. The van der Waals surface area contributed by atoms with Crippen molar-refractivity contribution in [3.8, 4) is 0 Å². The van der Waals surface area contributed by atoms with E-state index in [1.54, 1.807) is 0 Å². The summed E-state index contributed by atoms with van der Waals surface area (Å²) in [5, 5.41) is 10.7. The van der Waals surface area contributed by atoms with Crippen molar-refractivity contribution in [2.45, 2.75) is 30.6 Å². The van der Waals surface area contributed by atoms with Gasteiger partial charge in [0.2, 0.25) is 10.0 Å². The molecule has 0 bridgehead atoms. The molecule has 1 aromatic carbocycles. The monoisotopic (exact) mass is 314 g/mol. The Bertz CT molecular complexity index is 628. The topological polar surface area (TPSA) is 127 Å². The second-order valence-electron chi connectivity index (χ2n) is 5.07. The lowest BCUT2D eigenvalue weighted by Crippen LogP contribution is -2.28. The molecular weight excluding hydrogens is 296 g/mol. The molecule has 1 fully saturated rings. The molecule has 1 saturated carbocycles. The van der Waals surface area contributed by atoms with E-state index in [4.69, 9.17) is 5.84 Å². The fourth-order valence-electron chi connectivity index (χ4n) is 2.24. The average molecular weight is 314 g/mol. The Kier molecular flexibility index (Phi) is 4.76. The number of hydrogen-bond acceptors (Lipinski definition) is 6. The summed E-state index contributed by atoms with van der Waals surface area (Å²) in [4.78, 5) is 9.99. The van der Waals surface area contributed by atoms with Gasteiger partial charge in [0.05, 0.1) is 10.6 Å².